The Labute approximate surface area is 149 Å². The van der Waals surface area contributed by atoms with Crippen molar-refractivity contribution in [3.63, 3.8) is 0 Å². The first-order valence-electron chi connectivity index (χ1n) is 8.36. The van der Waals surface area contributed by atoms with E-state index in [-0.39, 0.29) is 12.0 Å². The lowest BCUT2D eigenvalue weighted by Gasteiger charge is -2.32. The van der Waals surface area contributed by atoms with Gasteiger partial charge >= 0.3 is 0 Å². The van der Waals surface area contributed by atoms with E-state index in [1.165, 1.54) is 11.5 Å². The predicted octanol–water partition coefficient (Wildman–Crippen LogP) is 2.05. The Morgan fingerprint density at radius 3 is 3.16 bits per heavy atom. The van der Waals surface area contributed by atoms with Crippen molar-refractivity contribution in [2.24, 2.45) is 0 Å². The monoisotopic (exact) mass is 357 g/mol. The van der Waals surface area contributed by atoms with E-state index in [0.29, 0.717) is 26.1 Å². The molecule has 0 saturated carbocycles. The average Bonchev–Trinajstić information content (AvgIpc) is 3.29. The van der Waals surface area contributed by atoms with Gasteiger partial charge in [-0.2, -0.15) is 4.37 Å². The average molecular weight is 357 g/mol. The minimum atomic E-state index is -0.229. The molecule has 1 fully saturated rings. The number of amides is 1. The van der Waals surface area contributed by atoms with Crippen LogP contribution in [-0.2, 0) is 22.5 Å². The summed E-state index contributed by atoms with van der Waals surface area (Å²) in [5, 5.41) is 9.18. The number of rotatable bonds is 4. The van der Waals surface area contributed by atoms with Crippen molar-refractivity contribution in [2.75, 3.05) is 19.7 Å². The maximum atomic E-state index is 12.8. The first-order valence-corrected chi connectivity index (χ1v) is 9.14. The number of carbonyl (C=O) groups excluding carboxylic acids is 1. The molecule has 130 valence electrons. The lowest BCUT2D eigenvalue weighted by molar-refractivity contribution is -0.138. The van der Waals surface area contributed by atoms with E-state index in [4.69, 9.17) is 4.74 Å². The van der Waals surface area contributed by atoms with Gasteiger partial charge in [-0.05, 0) is 24.5 Å². The Balaban J connectivity index is 1.48. The van der Waals surface area contributed by atoms with Gasteiger partial charge in [0.1, 0.15) is 12.4 Å². The van der Waals surface area contributed by atoms with Gasteiger partial charge in [0.05, 0.1) is 30.0 Å². The molecule has 1 amide bonds. The van der Waals surface area contributed by atoms with Crippen LogP contribution >= 0.6 is 11.5 Å². The number of benzene rings is 1. The first-order chi connectivity index (χ1) is 12.3. The van der Waals surface area contributed by atoms with Crippen LogP contribution in [0.25, 0.3) is 10.1 Å². The number of carbonyl (C=O) groups is 1. The van der Waals surface area contributed by atoms with Gasteiger partial charge in [-0.3, -0.25) is 4.79 Å². The van der Waals surface area contributed by atoms with Crippen LogP contribution in [0.15, 0.2) is 30.6 Å². The van der Waals surface area contributed by atoms with E-state index in [2.05, 4.69) is 14.6 Å². The lowest BCUT2D eigenvalue weighted by atomic mass is 10.1. The highest BCUT2D eigenvalue weighted by Crippen LogP contribution is 2.24. The maximum absolute atomic E-state index is 12.8. The van der Waals surface area contributed by atoms with Gasteiger partial charge in [0.15, 0.2) is 5.82 Å². The summed E-state index contributed by atoms with van der Waals surface area (Å²) in [6.45, 7) is 4.41. The van der Waals surface area contributed by atoms with Crippen molar-refractivity contribution in [3.05, 3.63) is 42.1 Å². The second-order valence-corrected chi connectivity index (χ2v) is 6.78. The Kier molecular flexibility index (Phi) is 4.46. The second kappa shape index (κ2) is 6.89. The molecule has 0 spiro atoms. The molecule has 1 aliphatic rings. The van der Waals surface area contributed by atoms with E-state index in [9.17, 15) is 4.79 Å². The Hall–Kier alpha value is -2.32. The molecular weight excluding hydrogens is 338 g/mol. The highest BCUT2D eigenvalue weighted by Gasteiger charge is 2.29. The van der Waals surface area contributed by atoms with Crippen LogP contribution in [0.5, 0.6) is 0 Å². The molecule has 1 aliphatic heterocycles. The topological polar surface area (TPSA) is 73.1 Å². The highest BCUT2D eigenvalue weighted by atomic mass is 32.1. The minimum Gasteiger partial charge on any atom is -0.366 e. The van der Waals surface area contributed by atoms with Crippen LogP contribution in [0.3, 0.4) is 0 Å². The molecule has 1 saturated heterocycles. The third-order valence-corrected chi connectivity index (χ3v) is 5.33. The zero-order valence-corrected chi connectivity index (χ0v) is 14.8. The number of fused-ring (bicyclic) bond motifs is 1. The SMILES string of the molecule is CCn1cnnc1C1CN(C(=O)Cc2nsc3ccccc23)CCO1. The fourth-order valence-corrected chi connectivity index (χ4v) is 3.90. The Bertz CT molecular complexity index is 890. The Morgan fingerprint density at radius 1 is 1.40 bits per heavy atom. The standard InChI is InChI=1S/C17H19N5O2S/c1-2-21-11-18-19-17(21)14-10-22(7-8-24-14)16(23)9-13-12-5-3-4-6-15(12)25-20-13/h3-6,11,14H,2,7-10H2,1H3. The maximum Gasteiger partial charge on any atom is 0.228 e. The zero-order chi connectivity index (χ0) is 17.2. The number of hydrogen-bond acceptors (Lipinski definition) is 6. The molecule has 2 aromatic heterocycles. The highest BCUT2D eigenvalue weighted by molar-refractivity contribution is 7.13. The van der Waals surface area contributed by atoms with E-state index in [0.717, 1.165) is 28.1 Å². The summed E-state index contributed by atoms with van der Waals surface area (Å²) in [6, 6.07) is 8.02. The van der Waals surface area contributed by atoms with E-state index >= 15 is 0 Å². The molecule has 0 radical (unpaired) electrons. The zero-order valence-electron chi connectivity index (χ0n) is 14.0. The summed E-state index contributed by atoms with van der Waals surface area (Å²) >= 11 is 1.44. The summed E-state index contributed by atoms with van der Waals surface area (Å²) in [6.07, 6.45) is 1.78. The summed E-state index contributed by atoms with van der Waals surface area (Å²) in [5.74, 6) is 0.853. The smallest absolute Gasteiger partial charge is 0.228 e. The third-order valence-electron chi connectivity index (χ3n) is 4.46. The Morgan fingerprint density at radius 2 is 2.28 bits per heavy atom. The number of ether oxygens (including phenoxy) is 1. The summed E-state index contributed by atoms with van der Waals surface area (Å²) < 4.78 is 13.3. The van der Waals surface area contributed by atoms with Gasteiger partial charge in [-0.1, -0.05) is 18.2 Å². The number of aryl methyl sites for hydroxylation is 1. The second-order valence-electron chi connectivity index (χ2n) is 5.98. The fraction of sp³-hybridized carbons (Fsp3) is 0.412. The van der Waals surface area contributed by atoms with Crippen molar-refractivity contribution in [1.29, 1.82) is 0 Å². The van der Waals surface area contributed by atoms with Crippen LogP contribution < -0.4 is 0 Å². The van der Waals surface area contributed by atoms with Crippen molar-refractivity contribution in [3.8, 4) is 0 Å². The van der Waals surface area contributed by atoms with Crippen molar-refractivity contribution < 1.29 is 9.53 Å². The minimum absolute atomic E-state index is 0.0758. The molecule has 7 nitrogen and oxygen atoms in total. The first kappa shape index (κ1) is 16.2. The molecule has 1 aromatic carbocycles. The van der Waals surface area contributed by atoms with Crippen LogP contribution in [-0.4, -0.2) is 49.6 Å². The molecular formula is C17H19N5O2S. The molecule has 1 unspecified atom stereocenters. The van der Waals surface area contributed by atoms with Gasteiger partial charge < -0.3 is 14.2 Å². The molecule has 0 aliphatic carbocycles. The summed E-state index contributed by atoms with van der Waals surface area (Å²) in [4.78, 5) is 14.6. The molecule has 3 aromatic rings. The summed E-state index contributed by atoms with van der Waals surface area (Å²) in [7, 11) is 0. The predicted molar refractivity (Wildman–Crippen MR) is 94.3 cm³/mol. The molecule has 1 atom stereocenters. The van der Waals surface area contributed by atoms with E-state index in [1.54, 1.807) is 6.33 Å². The number of aromatic nitrogens is 4. The lowest BCUT2D eigenvalue weighted by Crippen LogP contribution is -2.43. The molecule has 0 bridgehead atoms. The normalized spacial score (nSPS) is 18.0. The van der Waals surface area contributed by atoms with Gasteiger partial charge in [0, 0.05) is 18.5 Å². The fourth-order valence-electron chi connectivity index (χ4n) is 3.11. The van der Waals surface area contributed by atoms with Crippen molar-refractivity contribution in [2.45, 2.75) is 26.0 Å². The van der Waals surface area contributed by atoms with Crippen LogP contribution in [0, 0.1) is 0 Å². The largest absolute Gasteiger partial charge is 0.366 e. The number of morpholine rings is 1. The van der Waals surface area contributed by atoms with Crippen molar-refractivity contribution >= 4 is 27.5 Å². The van der Waals surface area contributed by atoms with Gasteiger partial charge in [0.2, 0.25) is 5.91 Å². The molecule has 8 heteroatoms. The number of nitrogens with zero attached hydrogens (tertiary/aromatic N) is 5. The van der Waals surface area contributed by atoms with Gasteiger partial charge in [-0.25, -0.2) is 0 Å². The van der Waals surface area contributed by atoms with E-state index < -0.39 is 0 Å². The molecule has 0 N–H and O–H groups in total. The molecule has 4 rings (SSSR count). The van der Waals surface area contributed by atoms with Crippen LogP contribution in [0.1, 0.15) is 24.5 Å². The third kappa shape index (κ3) is 3.14. The van der Waals surface area contributed by atoms with E-state index in [1.807, 2.05) is 40.7 Å². The molecule has 3 heterocycles. The van der Waals surface area contributed by atoms with Gasteiger partial charge in [0.25, 0.3) is 0 Å². The van der Waals surface area contributed by atoms with Crippen LogP contribution in [0.4, 0.5) is 0 Å². The van der Waals surface area contributed by atoms with Crippen LogP contribution in [0.2, 0.25) is 0 Å². The van der Waals surface area contributed by atoms with Gasteiger partial charge in [-0.15, -0.1) is 10.2 Å². The quantitative estimate of drug-likeness (QED) is 0.714. The summed E-state index contributed by atoms with van der Waals surface area (Å²) in [5.41, 5.74) is 0.852. The number of hydrogen-bond donors (Lipinski definition) is 0. The van der Waals surface area contributed by atoms with Crippen molar-refractivity contribution in [1.82, 2.24) is 24.0 Å². The molecule has 25 heavy (non-hydrogen) atoms.